The summed E-state index contributed by atoms with van der Waals surface area (Å²) in [5.74, 6) is -0.693. The highest BCUT2D eigenvalue weighted by Gasteiger charge is 2.17. The van der Waals surface area contributed by atoms with Crippen LogP contribution in [0.25, 0.3) is 0 Å². The fourth-order valence-electron chi connectivity index (χ4n) is 1.96. The minimum absolute atomic E-state index is 0.163. The second-order valence-corrected chi connectivity index (χ2v) is 5.33. The molecule has 0 heterocycles. The van der Waals surface area contributed by atoms with E-state index in [4.69, 9.17) is 0 Å². The molecule has 1 rings (SSSR count). The van der Waals surface area contributed by atoms with E-state index in [0.717, 1.165) is 12.8 Å². The van der Waals surface area contributed by atoms with Gasteiger partial charge >= 0.3 is 0 Å². The lowest BCUT2D eigenvalue weighted by Crippen LogP contribution is -2.36. The molecule has 0 fully saturated rings. The summed E-state index contributed by atoms with van der Waals surface area (Å²) >= 11 is 3.20. The Morgan fingerprint density at radius 3 is 2.63 bits per heavy atom. The molecule has 0 radical (unpaired) electrons. The van der Waals surface area contributed by atoms with Crippen LogP contribution in [-0.2, 0) is 0 Å². The normalized spacial score (nSPS) is 12.5. The van der Waals surface area contributed by atoms with E-state index in [9.17, 15) is 14.3 Å². The van der Waals surface area contributed by atoms with Crippen molar-refractivity contribution in [3.8, 4) is 0 Å². The number of halogens is 2. The Morgan fingerprint density at radius 1 is 1.42 bits per heavy atom. The Kier molecular flexibility index (Phi) is 6.45. The van der Waals surface area contributed by atoms with Crippen molar-refractivity contribution in [3.63, 3.8) is 0 Å². The summed E-state index contributed by atoms with van der Waals surface area (Å²) in [6, 6.07) is 3.93. The molecule has 5 heteroatoms. The molecule has 0 aliphatic carbocycles. The van der Waals surface area contributed by atoms with Crippen molar-refractivity contribution in [1.82, 2.24) is 5.32 Å². The van der Waals surface area contributed by atoms with Crippen LogP contribution in [-0.4, -0.2) is 23.7 Å². The maximum absolute atomic E-state index is 13.1. The number of aliphatic hydroxyl groups excluding tert-OH is 1. The first-order valence-corrected chi connectivity index (χ1v) is 7.20. The molecule has 3 nitrogen and oxygen atoms in total. The first-order chi connectivity index (χ1) is 8.99. The van der Waals surface area contributed by atoms with Crippen LogP contribution in [0, 0.1) is 11.7 Å². The van der Waals surface area contributed by atoms with Crippen molar-refractivity contribution < 1.29 is 14.3 Å². The highest BCUT2D eigenvalue weighted by atomic mass is 79.9. The molecule has 0 aliphatic rings. The van der Waals surface area contributed by atoms with Gasteiger partial charge in [0.25, 0.3) is 5.91 Å². The fraction of sp³-hybridized carbons (Fsp3) is 0.500. The zero-order valence-corrected chi connectivity index (χ0v) is 12.7. The monoisotopic (exact) mass is 331 g/mol. The van der Waals surface area contributed by atoms with Crippen LogP contribution in [0.4, 0.5) is 4.39 Å². The molecule has 2 N–H and O–H groups in total. The van der Waals surface area contributed by atoms with Gasteiger partial charge in [0.05, 0.1) is 11.7 Å². The number of aliphatic hydroxyl groups is 1. The maximum atomic E-state index is 13.1. The van der Waals surface area contributed by atoms with Gasteiger partial charge < -0.3 is 10.4 Å². The number of carbonyl (C=O) groups is 1. The largest absolute Gasteiger partial charge is 0.391 e. The van der Waals surface area contributed by atoms with Crippen molar-refractivity contribution in [2.45, 2.75) is 32.8 Å². The van der Waals surface area contributed by atoms with Gasteiger partial charge in [-0.2, -0.15) is 0 Å². The summed E-state index contributed by atoms with van der Waals surface area (Å²) in [5.41, 5.74) is 0.233. The topological polar surface area (TPSA) is 49.3 Å². The van der Waals surface area contributed by atoms with Crippen LogP contribution in [0.1, 0.15) is 37.0 Å². The average Bonchev–Trinajstić information content (AvgIpc) is 2.40. The summed E-state index contributed by atoms with van der Waals surface area (Å²) < 4.78 is 13.6. The third-order valence-corrected chi connectivity index (χ3v) is 3.93. The van der Waals surface area contributed by atoms with E-state index in [2.05, 4.69) is 21.2 Å². The van der Waals surface area contributed by atoms with Gasteiger partial charge in [-0.05, 0) is 40.0 Å². The highest BCUT2D eigenvalue weighted by Crippen LogP contribution is 2.18. The third kappa shape index (κ3) is 4.58. The summed E-state index contributed by atoms with van der Waals surface area (Å²) in [5, 5.41) is 12.6. The van der Waals surface area contributed by atoms with Gasteiger partial charge in [-0.3, -0.25) is 4.79 Å². The van der Waals surface area contributed by atoms with E-state index in [0.29, 0.717) is 4.47 Å². The molecule has 1 aromatic rings. The molecule has 0 unspecified atom stereocenters. The zero-order chi connectivity index (χ0) is 14.4. The Balaban J connectivity index is 2.63. The second-order valence-electron chi connectivity index (χ2n) is 4.48. The molecule has 106 valence electrons. The van der Waals surface area contributed by atoms with Crippen LogP contribution in [0.15, 0.2) is 22.7 Å². The number of amides is 1. The van der Waals surface area contributed by atoms with Crippen LogP contribution in [0.3, 0.4) is 0 Å². The lowest BCUT2D eigenvalue weighted by molar-refractivity contribution is 0.0816. The standard InChI is InChI=1S/C14H19BrFNO2/c1-3-9(4-2)13(18)8-17-14(19)11-7-10(16)5-6-12(11)15/h5-7,9,13,18H,3-4,8H2,1-2H3,(H,17,19)/t13-/m1/s1. The predicted molar refractivity (Wildman–Crippen MR) is 76.5 cm³/mol. The van der Waals surface area contributed by atoms with Crippen LogP contribution < -0.4 is 5.32 Å². The van der Waals surface area contributed by atoms with Crippen LogP contribution in [0.5, 0.6) is 0 Å². The first kappa shape index (κ1) is 16.1. The van der Waals surface area contributed by atoms with Gasteiger partial charge in [-0.15, -0.1) is 0 Å². The summed E-state index contributed by atoms with van der Waals surface area (Å²) in [4.78, 5) is 11.9. The Labute approximate surface area is 121 Å². The lowest BCUT2D eigenvalue weighted by Gasteiger charge is -2.20. The van der Waals surface area contributed by atoms with Gasteiger partial charge in [0.2, 0.25) is 0 Å². The molecule has 0 bridgehead atoms. The highest BCUT2D eigenvalue weighted by molar-refractivity contribution is 9.10. The molecular weight excluding hydrogens is 313 g/mol. The quantitative estimate of drug-likeness (QED) is 0.841. The Morgan fingerprint density at radius 2 is 2.05 bits per heavy atom. The minimum Gasteiger partial charge on any atom is -0.391 e. The van der Waals surface area contributed by atoms with E-state index in [1.165, 1.54) is 18.2 Å². The molecule has 1 atom stereocenters. The number of benzene rings is 1. The Bertz CT molecular complexity index is 435. The van der Waals surface area contributed by atoms with E-state index < -0.39 is 17.8 Å². The summed E-state index contributed by atoms with van der Waals surface area (Å²) in [6.45, 7) is 4.18. The van der Waals surface area contributed by atoms with Gasteiger partial charge in [-0.1, -0.05) is 26.7 Å². The van der Waals surface area contributed by atoms with E-state index in [-0.39, 0.29) is 18.0 Å². The first-order valence-electron chi connectivity index (χ1n) is 6.40. The molecule has 0 spiro atoms. The molecular formula is C14H19BrFNO2. The average molecular weight is 332 g/mol. The van der Waals surface area contributed by atoms with Crippen LogP contribution in [0.2, 0.25) is 0 Å². The Hall–Kier alpha value is -0.940. The SMILES string of the molecule is CCC(CC)[C@H](O)CNC(=O)c1cc(F)ccc1Br. The number of hydrogen-bond acceptors (Lipinski definition) is 2. The van der Waals surface area contributed by atoms with E-state index >= 15 is 0 Å². The molecule has 1 amide bonds. The predicted octanol–water partition coefficient (Wildman–Crippen LogP) is 3.12. The molecule has 0 saturated carbocycles. The van der Waals surface area contributed by atoms with Crippen molar-refractivity contribution >= 4 is 21.8 Å². The number of nitrogens with one attached hydrogen (secondary N) is 1. The lowest BCUT2D eigenvalue weighted by atomic mass is 9.96. The summed E-state index contributed by atoms with van der Waals surface area (Å²) in [7, 11) is 0. The van der Waals surface area contributed by atoms with Gasteiger partial charge in [0.1, 0.15) is 5.82 Å². The van der Waals surface area contributed by atoms with Crippen molar-refractivity contribution in [2.24, 2.45) is 5.92 Å². The number of carbonyl (C=O) groups excluding carboxylic acids is 1. The second kappa shape index (κ2) is 7.60. The molecule has 1 aromatic carbocycles. The molecule has 0 aliphatic heterocycles. The minimum atomic E-state index is -0.578. The smallest absolute Gasteiger partial charge is 0.252 e. The zero-order valence-electron chi connectivity index (χ0n) is 11.1. The van der Waals surface area contributed by atoms with Crippen molar-refractivity contribution in [2.75, 3.05) is 6.54 Å². The summed E-state index contributed by atoms with van der Waals surface area (Å²) in [6.07, 6.45) is 1.14. The molecule has 0 saturated heterocycles. The maximum Gasteiger partial charge on any atom is 0.252 e. The van der Waals surface area contributed by atoms with Crippen molar-refractivity contribution in [3.05, 3.63) is 34.1 Å². The molecule has 0 aromatic heterocycles. The third-order valence-electron chi connectivity index (χ3n) is 3.24. The van der Waals surface area contributed by atoms with Crippen LogP contribution >= 0.6 is 15.9 Å². The van der Waals surface area contributed by atoms with Gasteiger partial charge in [0.15, 0.2) is 0 Å². The number of rotatable bonds is 6. The van der Waals surface area contributed by atoms with Gasteiger partial charge in [0, 0.05) is 11.0 Å². The molecule has 19 heavy (non-hydrogen) atoms. The fourth-order valence-corrected chi connectivity index (χ4v) is 2.39. The van der Waals surface area contributed by atoms with E-state index in [1.54, 1.807) is 0 Å². The number of hydrogen-bond donors (Lipinski definition) is 2. The van der Waals surface area contributed by atoms with E-state index in [1.807, 2.05) is 13.8 Å². The van der Waals surface area contributed by atoms with Crippen molar-refractivity contribution in [1.29, 1.82) is 0 Å². The van der Waals surface area contributed by atoms with Gasteiger partial charge in [-0.25, -0.2) is 4.39 Å².